The molecule has 190 valence electrons. The van der Waals surface area contributed by atoms with Gasteiger partial charge in [0.15, 0.2) is 0 Å². The highest BCUT2D eigenvalue weighted by Crippen LogP contribution is 2.48. The molecule has 3 nitrogen and oxygen atoms in total. The van der Waals surface area contributed by atoms with Crippen molar-refractivity contribution in [3.05, 3.63) is 133 Å². The summed E-state index contributed by atoms with van der Waals surface area (Å²) in [5.41, 5.74) is 8.39. The Balaban J connectivity index is 1.34. The van der Waals surface area contributed by atoms with Crippen molar-refractivity contribution in [2.75, 3.05) is 11.9 Å². The molecule has 2 aromatic heterocycles. The number of nitrogens with zero attached hydrogens (tertiary/aromatic N) is 3. The molecule has 0 saturated carbocycles. The minimum absolute atomic E-state index is 0.191. The van der Waals surface area contributed by atoms with Gasteiger partial charge in [0.1, 0.15) is 11.0 Å². The number of rotatable bonds is 4. The molecule has 8 rings (SSSR count). The Morgan fingerprint density at radius 2 is 1.49 bits per heavy atom. The van der Waals surface area contributed by atoms with Gasteiger partial charge in [-0.2, -0.15) is 0 Å². The largest absolute Gasteiger partial charge is 0.357 e. The summed E-state index contributed by atoms with van der Waals surface area (Å²) in [7, 11) is 2.22. The minimum Gasteiger partial charge on any atom is -0.357 e. The predicted molar refractivity (Wildman–Crippen MR) is 169 cm³/mol. The van der Waals surface area contributed by atoms with Gasteiger partial charge >= 0.3 is 0 Å². The molecule has 0 N–H and O–H groups in total. The third-order valence-corrected chi connectivity index (χ3v) is 10.8. The molecule has 4 aromatic rings. The Hall–Kier alpha value is -3.67. The second-order valence-corrected chi connectivity index (χ2v) is 12.8. The number of hydrogen-bond donors (Lipinski definition) is 0. The van der Waals surface area contributed by atoms with Crippen molar-refractivity contribution < 1.29 is 0 Å². The van der Waals surface area contributed by atoms with Crippen molar-refractivity contribution in [1.82, 2.24) is 9.55 Å². The van der Waals surface area contributed by atoms with E-state index in [1.165, 1.54) is 27.4 Å². The average molecular weight is 542 g/mol. The Kier molecular flexibility index (Phi) is 5.49. The van der Waals surface area contributed by atoms with Crippen LogP contribution in [0.15, 0.2) is 133 Å². The third kappa shape index (κ3) is 3.79. The summed E-state index contributed by atoms with van der Waals surface area (Å²) in [5.74, 6) is 0. The molecule has 5 heteroatoms. The molecule has 2 aromatic carbocycles. The summed E-state index contributed by atoms with van der Waals surface area (Å²) >= 11 is 3.97. The van der Waals surface area contributed by atoms with Crippen LogP contribution in [0.4, 0.5) is 5.69 Å². The molecule has 0 bridgehead atoms. The van der Waals surface area contributed by atoms with Gasteiger partial charge in [0.05, 0.1) is 32.8 Å². The lowest BCUT2D eigenvalue weighted by atomic mass is 10.1. The number of allylic oxidation sites excluding steroid dienone is 6. The SMILES string of the molecule is CN(c1cc2c3ccccc3n(C3C=C4C=CC=CC4S3)c2nc1-c1ccccc1)C1C=C2C=CC=CC2S1. The standard InChI is InChI=1S/C34H27N3S2/c1-36(31-19-23-13-5-9-17-29(23)38-31)28-21-26-25-15-7-8-16-27(25)37(32-20-24-14-6-10-18-30(24)39-32)34(26)35-33(28)22-11-3-2-4-12-22/h2-21,29-32H,1H3. The number of likely N-dealkylation sites (N-methyl/N-ethyl adjacent to an activating group) is 1. The zero-order valence-corrected chi connectivity index (χ0v) is 23.1. The van der Waals surface area contributed by atoms with Gasteiger partial charge in [-0.15, -0.1) is 23.5 Å². The van der Waals surface area contributed by atoms with Crippen LogP contribution < -0.4 is 4.90 Å². The smallest absolute Gasteiger partial charge is 0.143 e. The van der Waals surface area contributed by atoms with Crippen LogP contribution >= 0.6 is 23.5 Å². The molecule has 0 amide bonds. The van der Waals surface area contributed by atoms with Gasteiger partial charge in [0.2, 0.25) is 0 Å². The van der Waals surface area contributed by atoms with Crippen LogP contribution in [-0.2, 0) is 0 Å². The van der Waals surface area contributed by atoms with E-state index < -0.39 is 0 Å². The van der Waals surface area contributed by atoms with E-state index in [2.05, 4.69) is 138 Å². The van der Waals surface area contributed by atoms with Crippen LogP contribution in [0.1, 0.15) is 5.37 Å². The van der Waals surface area contributed by atoms with Crippen LogP contribution in [0, 0.1) is 0 Å². The number of thioether (sulfide) groups is 2. The van der Waals surface area contributed by atoms with Gasteiger partial charge in [-0.3, -0.25) is 0 Å². The molecule has 2 aliphatic heterocycles. The highest BCUT2D eigenvalue weighted by Gasteiger charge is 2.32. The molecule has 0 spiro atoms. The van der Waals surface area contributed by atoms with E-state index in [-0.39, 0.29) is 10.7 Å². The fourth-order valence-corrected chi connectivity index (χ4v) is 8.74. The number of pyridine rings is 1. The van der Waals surface area contributed by atoms with Crippen LogP contribution in [0.2, 0.25) is 0 Å². The maximum absolute atomic E-state index is 5.51. The molecule has 4 heterocycles. The van der Waals surface area contributed by atoms with E-state index in [0.717, 1.165) is 22.6 Å². The van der Waals surface area contributed by atoms with E-state index in [1.54, 1.807) is 0 Å². The maximum Gasteiger partial charge on any atom is 0.143 e. The summed E-state index contributed by atoms with van der Waals surface area (Å²) in [6, 6.07) is 21.8. The van der Waals surface area contributed by atoms with Gasteiger partial charge in [0, 0.05) is 23.4 Å². The summed E-state index contributed by atoms with van der Waals surface area (Å²) in [6.45, 7) is 0. The molecular weight excluding hydrogens is 515 g/mol. The van der Waals surface area contributed by atoms with Crippen molar-refractivity contribution in [1.29, 1.82) is 0 Å². The normalized spacial score (nSPS) is 24.7. The molecule has 0 fully saturated rings. The fourth-order valence-electron chi connectivity index (χ4n) is 6.04. The lowest BCUT2D eigenvalue weighted by Gasteiger charge is -2.28. The van der Waals surface area contributed by atoms with Gasteiger partial charge in [-0.1, -0.05) is 97.1 Å². The lowest BCUT2D eigenvalue weighted by Crippen LogP contribution is -2.27. The summed E-state index contributed by atoms with van der Waals surface area (Å²) in [5, 5.41) is 3.71. The van der Waals surface area contributed by atoms with Crippen molar-refractivity contribution >= 4 is 51.1 Å². The second kappa shape index (κ2) is 9.22. The van der Waals surface area contributed by atoms with E-state index in [0.29, 0.717) is 10.5 Å². The first-order valence-corrected chi connectivity index (χ1v) is 15.3. The third-order valence-electron chi connectivity index (χ3n) is 8.00. The monoisotopic (exact) mass is 541 g/mol. The van der Waals surface area contributed by atoms with Crippen LogP contribution in [-0.4, -0.2) is 32.5 Å². The van der Waals surface area contributed by atoms with Gasteiger partial charge < -0.3 is 9.47 Å². The molecule has 39 heavy (non-hydrogen) atoms. The van der Waals surface area contributed by atoms with Gasteiger partial charge in [-0.25, -0.2) is 4.98 Å². The Labute approximate surface area is 237 Å². The lowest BCUT2D eigenvalue weighted by molar-refractivity contribution is 0.865. The van der Waals surface area contributed by atoms with Crippen molar-refractivity contribution in [3.8, 4) is 11.3 Å². The molecule has 0 saturated heterocycles. The van der Waals surface area contributed by atoms with Crippen molar-refractivity contribution in [2.24, 2.45) is 0 Å². The minimum atomic E-state index is 0.191. The number of hydrogen-bond acceptors (Lipinski definition) is 4. The van der Waals surface area contributed by atoms with Crippen LogP contribution in [0.25, 0.3) is 33.2 Å². The molecule has 2 aliphatic carbocycles. The first-order valence-electron chi connectivity index (χ1n) is 13.4. The summed E-state index contributed by atoms with van der Waals surface area (Å²) < 4.78 is 2.45. The molecular formula is C34H27N3S2. The number of aromatic nitrogens is 2. The van der Waals surface area contributed by atoms with Gasteiger partial charge in [0.25, 0.3) is 0 Å². The topological polar surface area (TPSA) is 21.1 Å². The zero-order chi connectivity index (χ0) is 25.9. The first kappa shape index (κ1) is 23.2. The number of fused-ring (bicyclic) bond motifs is 5. The Morgan fingerprint density at radius 3 is 2.26 bits per heavy atom. The number of benzene rings is 2. The molecule has 4 aliphatic rings. The molecule has 4 atom stereocenters. The number of anilines is 1. The van der Waals surface area contributed by atoms with Crippen LogP contribution in [0.5, 0.6) is 0 Å². The van der Waals surface area contributed by atoms with Crippen molar-refractivity contribution in [3.63, 3.8) is 0 Å². The second-order valence-electron chi connectivity index (χ2n) is 10.3. The first-order chi connectivity index (χ1) is 19.2. The highest BCUT2D eigenvalue weighted by molar-refractivity contribution is 8.01. The van der Waals surface area contributed by atoms with E-state index in [9.17, 15) is 0 Å². The van der Waals surface area contributed by atoms with E-state index >= 15 is 0 Å². The predicted octanol–water partition coefficient (Wildman–Crippen LogP) is 8.45. The Bertz CT molecular complexity index is 1800. The molecule has 0 radical (unpaired) electrons. The van der Waals surface area contributed by atoms with E-state index in [1.807, 2.05) is 23.5 Å². The van der Waals surface area contributed by atoms with Crippen molar-refractivity contribution in [2.45, 2.75) is 21.2 Å². The Morgan fingerprint density at radius 1 is 0.769 bits per heavy atom. The van der Waals surface area contributed by atoms with Gasteiger partial charge in [-0.05, 0) is 35.4 Å². The van der Waals surface area contributed by atoms with E-state index in [4.69, 9.17) is 4.98 Å². The quantitative estimate of drug-likeness (QED) is 0.258. The highest BCUT2D eigenvalue weighted by atomic mass is 32.2. The maximum atomic E-state index is 5.51. The number of para-hydroxylation sites is 1. The molecule has 4 unspecified atom stereocenters. The summed E-state index contributed by atoms with van der Waals surface area (Å²) in [4.78, 5) is 7.92. The fraction of sp³-hybridized carbons (Fsp3) is 0.147. The zero-order valence-electron chi connectivity index (χ0n) is 21.5. The summed E-state index contributed by atoms with van der Waals surface area (Å²) in [6.07, 6.45) is 22.5. The van der Waals surface area contributed by atoms with Crippen LogP contribution in [0.3, 0.4) is 0 Å². The average Bonchev–Trinajstić information content (AvgIpc) is 3.69.